The highest BCUT2D eigenvalue weighted by molar-refractivity contribution is 5.95. The number of phenols is 2. The van der Waals surface area contributed by atoms with Crippen LogP contribution in [-0.4, -0.2) is 258 Å². The molecule has 1 aromatic heterocycles. The molecule has 3 aromatic rings. The third-order valence-corrected chi connectivity index (χ3v) is 15.4. The van der Waals surface area contributed by atoms with E-state index in [0.29, 0.717) is 37.1 Å². The fourth-order valence-electron chi connectivity index (χ4n) is 10.6. The molecule has 0 radical (unpaired) electrons. The van der Waals surface area contributed by atoms with E-state index in [1.54, 1.807) is 49.6 Å². The molecule has 494 valence electrons. The van der Waals surface area contributed by atoms with Crippen LogP contribution in [0.3, 0.4) is 0 Å². The van der Waals surface area contributed by atoms with Crippen LogP contribution in [0.1, 0.15) is 99.8 Å². The number of aromatic nitrogens is 3. The van der Waals surface area contributed by atoms with E-state index in [0.717, 1.165) is 5.56 Å². The molecule has 0 saturated carbocycles. The number of carbonyl (C=O) groups is 10. The number of nitrogens with one attached hydrogen (secondary N) is 4. The molecule has 0 aliphatic carbocycles. The largest absolute Gasteiger partial charge is 0.508 e. The van der Waals surface area contributed by atoms with Crippen LogP contribution in [0.2, 0.25) is 0 Å². The topological polar surface area (TPSA) is 478 Å². The number of hydrogen-bond donors (Lipinski definition) is 13. The quantitative estimate of drug-likeness (QED) is 0.0190. The van der Waals surface area contributed by atoms with E-state index in [2.05, 4.69) is 36.5 Å². The zero-order chi connectivity index (χ0) is 66.2. The lowest BCUT2D eigenvalue weighted by Gasteiger charge is -2.35. The van der Waals surface area contributed by atoms with Gasteiger partial charge in [0, 0.05) is 103 Å². The molecule has 2 fully saturated rings. The second kappa shape index (κ2) is 35.2. The fourth-order valence-corrected chi connectivity index (χ4v) is 10.6. The monoisotopic (exact) mass is 1260 g/mol. The van der Waals surface area contributed by atoms with Gasteiger partial charge >= 0.3 is 23.9 Å². The minimum Gasteiger partial charge on any atom is -0.508 e. The van der Waals surface area contributed by atoms with Crippen molar-refractivity contribution in [2.75, 3.05) is 105 Å². The normalized spacial score (nSPS) is 16.1. The molecule has 2 aliphatic heterocycles. The zero-order valence-corrected chi connectivity index (χ0v) is 51.1. The standard InChI is InChI=1S/C58H86N16O16/c1-4-62-56(89)53-68-67-52(40-29-39(35(2)3)44(75)30-45(40)76)74(53)38-9-7-36(8-10-38)28-37-15-18-73(19-16-37)57(90)43(11-13-46(59)77)66-55(88)42(12-14-48(79)80)65-54(87)41(6-5-17-63-58(60)61)64-47(78)31-69-20-22-70(32-49(81)82)24-26-72(34-51(85)86)27-25-71(23-21-69)33-50(83)84/h7-10,29-30,35,37,41-43,75-76H,4-6,11-28,31-34H2,1-3H3,(H2,59,77)(H,62,89)(H,64,78)(H,65,87)(H,66,88)(H,79,80)(H,81,82)(H,83,84)(H,85,86)(H4,60,61,63). The highest BCUT2D eigenvalue weighted by Crippen LogP contribution is 2.38. The van der Waals surface area contributed by atoms with Crippen LogP contribution in [0.15, 0.2) is 41.4 Å². The number of nitrogens with zero attached hydrogens (tertiary/aromatic N) is 9. The van der Waals surface area contributed by atoms with Crippen LogP contribution >= 0.6 is 0 Å². The molecule has 2 saturated heterocycles. The average molecular weight is 1260 g/mol. The summed E-state index contributed by atoms with van der Waals surface area (Å²) in [5.74, 6) is -9.62. The maximum atomic E-state index is 14.3. The zero-order valence-electron chi connectivity index (χ0n) is 51.1. The Hall–Kier alpha value is -9.01. The van der Waals surface area contributed by atoms with Crippen LogP contribution < -0.4 is 38.5 Å². The summed E-state index contributed by atoms with van der Waals surface area (Å²) in [6.45, 7) is 5.71. The number of primary amides is 1. The van der Waals surface area contributed by atoms with Crippen molar-refractivity contribution >= 4 is 65.3 Å². The molecule has 32 nitrogen and oxygen atoms in total. The Morgan fingerprint density at radius 1 is 0.622 bits per heavy atom. The molecule has 16 N–H and O–H groups in total. The summed E-state index contributed by atoms with van der Waals surface area (Å²) in [5.41, 5.74) is 18.8. The van der Waals surface area contributed by atoms with Crippen LogP contribution in [-0.2, 0) is 49.6 Å². The Labute approximate surface area is 520 Å². The predicted octanol–water partition coefficient (Wildman–Crippen LogP) is -1.89. The first kappa shape index (κ1) is 71.7. The van der Waals surface area contributed by atoms with Crippen LogP contribution in [0, 0.1) is 5.92 Å². The van der Waals surface area contributed by atoms with E-state index in [-0.39, 0.29) is 157 Å². The van der Waals surface area contributed by atoms with Gasteiger partial charge in [0.05, 0.1) is 31.7 Å². The van der Waals surface area contributed by atoms with Crippen LogP contribution in [0.4, 0.5) is 0 Å². The summed E-state index contributed by atoms with van der Waals surface area (Å²) in [6.07, 6.45) is 0.0186. The van der Waals surface area contributed by atoms with Gasteiger partial charge in [0.25, 0.3) is 5.91 Å². The molecule has 2 aliphatic rings. The third kappa shape index (κ3) is 23.2. The smallest absolute Gasteiger partial charge is 0.317 e. The van der Waals surface area contributed by atoms with Gasteiger partial charge in [-0.1, -0.05) is 26.0 Å². The first-order valence-electron chi connectivity index (χ1n) is 29.9. The number of carbonyl (C=O) groups excluding carboxylic acids is 6. The Bertz CT molecular complexity index is 2990. The van der Waals surface area contributed by atoms with E-state index in [4.69, 9.17) is 17.2 Å². The fraction of sp³-hybridized carbons (Fsp3) is 0.569. The van der Waals surface area contributed by atoms with Crippen LogP contribution in [0.5, 0.6) is 11.5 Å². The van der Waals surface area contributed by atoms with Crippen LogP contribution in [0.25, 0.3) is 17.1 Å². The number of likely N-dealkylation sites (tertiary alicyclic amines) is 1. The number of piperidine rings is 1. The number of benzene rings is 2. The van der Waals surface area contributed by atoms with Gasteiger partial charge in [-0.25, -0.2) is 0 Å². The minimum absolute atomic E-state index is 0.0122. The maximum absolute atomic E-state index is 14.3. The molecule has 3 heterocycles. The highest BCUT2D eigenvalue weighted by Gasteiger charge is 2.34. The van der Waals surface area contributed by atoms with E-state index < -0.39 is 103 Å². The second-order valence-electron chi connectivity index (χ2n) is 22.7. The summed E-state index contributed by atoms with van der Waals surface area (Å²) >= 11 is 0. The summed E-state index contributed by atoms with van der Waals surface area (Å²) in [5, 5.41) is 79.1. The van der Waals surface area contributed by atoms with Crippen molar-refractivity contribution in [3.05, 3.63) is 53.3 Å². The maximum Gasteiger partial charge on any atom is 0.317 e. The summed E-state index contributed by atoms with van der Waals surface area (Å²) in [4.78, 5) is 141. The Morgan fingerprint density at radius 3 is 1.62 bits per heavy atom. The number of carboxylic acids is 4. The predicted molar refractivity (Wildman–Crippen MR) is 325 cm³/mol. The van der Waals surface area contributed by atoms with Crippen molar-refractivity contribution in [1.29, 1.82) is 0 Å². The molecule has 90 heavy (non-hydrogen) atoms. The number of nitrogens with two attached hydrogens (primary N) is 3. The first-order chi connectivity index (χ1) is 42.7. The summed E-state index contributed by atoms with van der Waals surface area (Å²) in [7, 11) is 0. The minimum atomic E-state index is -1.59. The molecule has 6 amide bonds. The first-order valence-corrected chi connectivity index (χ1v) is 29.9. The molecule has 0 spiro atoms. The SMILES string of the molecule is CCNC(=O)c1nnc(-c2cc(C(C)C)c(O)cc2O)n1-c1ccc(CC2CCN(C(=O)C(CCC(N)=O)NC(=O)C(CCC(=O)O)NC(=O)C(CCCN=C(N)N)NC(=O)CN3CCN(CC(=O)O)CCN(CC(=O)O)CCN(CC(=O)O)CC3)CC2)cc1. The number of rotatable bonds is 31. The van der Waals surface area contributed by atoms with Crippen molar-refractivity contribution < 1.29 is 78.6 Å². The number of aliphatic carboxylic acids is 4. The van der Waals surface area contributed by atoms with Gasteiger partial charge in [0.15, 0.2) is 11.8 Å². The number of carboxylic acid groups (broad SMARTS) is 4. The molecule has 5 rings (SSSR count). The number of phenolic OH excluding ortho intramolecular Hbond substituents is 2. The number of guanidine groups is 1. The lowest BCUT2D eigenvalue weighted by Crippen LogP contribution is -2.58. The van der Waals surface area contributed by atoms with E-state index in [1.807, 2.05) is 26.0 Å². The average Bonchev–Trinajstić information content (AvgIpc) is 1.57. The summed E-state index contributed by atoms with van der Waals surface area (Å²) in [6, 6.07) is 5.86. The van der Waals surface area contributed by atoms with Gasteiger partial charge in [-0.3, -0.25) is 77.1 Å². The number of aromatic hydroxyl groups is 2. The van der Waals surface area contributed by atoms with E-state index in [1.165, 1.54) is 10.6 Å². The lowest BCUT2D eigenvalue weighted by molar-refractivity contribution is -0.140. The van der Waals surface area contributed by atoms with E-state index >= 15 is 0 Å². The Kier molecular flexibility index (Phi) is 28.1. The number of aliphatic imine (C=N–C) groups is 1. The van der Waals surface area contributed by atoms with Crippen molar-refractivity contribution in [2.45, 2.75) is 103 Å². The Balaban J connectivity index is 1.29. The van der Waals surface area contributed by atoms with Crippen molar-refractivity contribution in [3.8, 4) is 28.6 Å². The van der Waals surface area contributed by atoms with Crippen molar-refractivity contribution in [2.24, 2.45) is 28.1 Å². The van der Waals surface area contributed by atoms with Gasteiger partial charge in [0.1, 0.15) is 29.6 Å². The number of hydrogen-bond acceptors (Lipinski definition) is 19. The number of amides is 6. The summed E-state index contributed by atoms with van der Waals surface area (Å²) < 4.78 is 1.53. The molecule has 0 bridgehead atoms. The van der Waals surface area contributed by atoms with Gasteiger partial charge in [0.2, 0.25) is 35.4 Å². The molecule has 3 atom stereocenters. The highest BCUT2D eigenvalue weighted by atomic mass is 16.4. The third-order valence-electron chi connectivity index (χ3n) is 15.4. The van der Waals surface area contributed by atoms with Gasteiger partial charge < -0.3 is 74.0 Å². The lowest BCUT2D eigenvalue weighted by atomic mass is 9.89. The molecule has 3 unspecified atom stereocenters. The van der Waals surface area contributed by atoms with Crippen molar-refractivity contribution in [1.82, 2.24) is 60.5 Å². The van der Waals surface area contributed by atoms with Gasteiger partial charge in [-0.2, -0.15) is 0 Å². The molecular weight excluding hydrogens is 1180 g/mol. The van der Waals surface area contributed by atoms with Gasteiger partial charge in [-0.05, 0) is 93.0 Å². The Morgan fingerprint density at radius 2 is 1.13 bits per heavy atom. The van der Waals surface area contributed by atoms with Crippen molar-refractivity contribution in [3.63, 3.8) is 0 Å². The molecule has 32 heteroatoms. The molecule has 2 aromatic carbocycles. The van der Waals surface area contributed by atoms with Gasteiger partial charge in [-0.15, -0.1) is 10.2 Å². The second-order valence-corrected chi connectivity index (χ2v) is 22.7. The molecular formula is C58H86N16O16. The van der Waals surface area contributed by atoms with E-state index in [9.17, 15) is 78.6 Å².